The molecule has 2 N–H and O–H groups in total. The van der Waals surface area contributed by atoms with Crippen molar-refractivity contribution in [1.29, 1.82) is 0 Å². The van der Waals surface area contributed by atoms with Crippen LogP contribution in [0.15, 0.2) is 53.7 Å². The summed E-state index contributed by atoms with van der Waals surface area (Å²) in [5.74, 6) is -0.0249. The maximum absolute atomic E-state index is 12.2. The number of benzene rings is 2. The number of allylic oxidation sites excluding steroid dienone is 1. The summed E-state index contributed by atoms with van der Waals surface area (Å²) in [4.78, 5) is 21.4. The van der Waals surface area contributed by atoms with Gasteiger partial charge in [0, 0.05) is 35.0 Å². The number of anilines is 2. The molecule has 0 aliphatic carbocycles. The first-order valence-corrected chi connectivity index (χ1v) is 10.5. The summed E-state index contributed by atoms with van der Waals surface area (Å²) in [6.45, 7) is 4.26. The molecule has 5 rings (SSSR count). The Bertz CT molecular complexity index is 1310. The highest BCUT2D eigenvalue weighted by molar-refractivity contribution is 7.17. The SMILES string of the molecule is CC=C(C)C(=O)NCCc1c2c3c(ccnc3c3ncsc13)-c1ccccc1N2. The van der Waals surface area contributed by atoms with Crippen molar-refractivity contribution in [2.75, 3.05) is 11.9 Å². The number of para-hydroxylation sites is 1. The molecule has 3 heterocycles. The molecule has 29 heavy (non-hydrogen) atoms. The fraction of sp³-hybridized carbons (Fsp3) is 0.174. The Kier molecular flexibility index (Phi) is 4.28. The minimum atomic E-state index is -0.0249. The number of pyridine rings is 1. The van der Waals surface area contributed by atoms with Gasteiger partial charge in [-0.2, -0.15) is 0 Å². The molecule has 4 aromatic rings. The Morgan fingerprint density at radius 2 is 2.03 bits per heavy atom. The zero-order chi connectivity index (χ0) is 20.0. The summed E-state index contributed by atoms with van der Waals surface area (Å²) in [6, 6.07) is 10.4. The molecule has 0 atom stereocenters. The van der Waals surface area contributed by atoms with Crippen LogP contribution in [-0.2, 0) is 11.2 Å². The number of rotatable bonds is 4. The van der Waals surface area contributed by atoms with Gasteiger partial charge in [-0.15, -0.1) is 11.3 Å². The molecule has 144 valence electrons. The first-order chi connectivity index (χ1) is 14.2. The third kappa shape index (κ3) is 2.79. The number of aromatic nitrogens is 2. The highest BCUT2D eigenvalue weighted by Crippen LogP contribution is 2.47. The lowest BCUT2D eigenvalue weighted by molar-refractivity contribution is -0.117. The van der Waals surface area contributed by atoms with Crippen LogP contribution in [-0.4, -0.2) is 22.4 Å². The zero-order valence-electron chi connectivity index (χ0n) is 16.2. The zero-order valence-corrected chi connectivity index (χ0v) is 17.1. The second kappa shape index (κ2) is 6.97. The van der Waals surface area contributed by atoms with Crippen LogP contribution >= 0.6 is 11.3 Å². The van der Waals surface area contributed by atoms with E-state index in [0.717, 1.165) is 44.5 Å². The van der Waals surface area contributed by atoms with Crippen molar-refractivity contribution in [1.82, 2.24) is 15.3 Å². The second-order valence-electron chi connectivity index (χ2n) is 7.11. The molecular formula is C23H20N4OS. The number of amides is 1. The molecule has 5 nitrogen and oxygen atoms in total. The van der Waals surface area contributed by atoms with E-state index in [9.17, 15) is 4.79 Å². The molecule has 6 heteroatoms. The lowest BCUT2D eigenvalue weighted by Gasteiger charge is -2.25. The minimum Gasteiger partial charge on any atom is -0.354 e. The minimum absolute atomic E-state index is 0.0249. The highest BCUT2D eigenvalue weighted by Gasteiger charge is 2.24. The van der Waals surface area contributed by atoms with Crippen LogP contribution in [0.1, 0.15) is 19.4 Å². The molecular weight excluding hydrogens is 380 g/mol. The number of thiazole rings is 1. The van der Waals surface area contributed by atoms with Gasteiger partial charge in [0.15, 0.2) is 0 Å². The normalized spacial score (nSPS) is 12.7. The van der Waals surface area contributed by atoms with Crippen molar-refractivity contribution in [3.63, 3.8) is 0 Å². The Hall–Kier alpha value is -3.25. The van der Waals surface area contributed by atoms with Crippen molar-refractivity contribution in [3.05, 3.63) is 59.3 Å². The Labute approximate surface area is 172 Å². The summed E-state index contributed by atoms with van der Waals surface area (Å²) < 4.78 is 1.13. The number of carbonyl (C=O) groups excluding carboxylic acids is 1. The maximum Gasteiger partial charge on any atom is 0.246 e. The maximum atomic E-state index is 12.2. The summed E-state index contributed by atoms with van der Waals surface area (Å²) in [5, 5.41) is 7.77. The topological polar surface area (TPSA) is 66.9 Å². The molecule has 0 radical (unpaired) electrons. The quantitative estimate of drug-likeness (QED) is 0.407. The average molecular weight is 401 g/mol. The van der Waals surface area contributed by atoms with E-state index in [1.165, 1.54) is 16.7 Å². The number of hydrogen-bond donors (Lipinski definition) is 2. The Balaban J connectivity index is 1.67. The fourth-order valence-corrected chi connectivity index (χ4v) is 4.79. The first-order valence-electron chi connectivity index (χ1n) is 9.63. The number of carbonyl (C=O) groups is 1. The lowest BCUT2D eigenvalue weighted by atomic mass is 9.91. The Morgan fingerprint density at radius 1 is 1.17 bits per heavy atom. The standard InChI is InChI=1S/C23H20N4OS/c1-3-13(2)23(28)25-11-9-16-19-18-15(14-6-4-5-7-17(14)27-19)8-10-24-20(18)21-22(16)29-12-26-21/h3-8,10,12,27H,9,11H2,1-2H3,(H,25,28). The van der Waals surface area contributed by atoms with E-state index in [0.29, 0.717) is 6.54 Å². The highest BCUT2D eigenvalue weighted by atomic mass is 32.1. The van der Waals surface area contributed by atoms with E-state index in [-0.39, 0.29) is 5.91 Å². The van der Waals surface area contributed by atoms with Gasteiger partial charge in [0.25, 0.3) is 0 Å². The summed E-state index contributed by atoms with van der Waals surface area (Å²) >= 11 is 1.62. The van der Waals surface area contributed by atoms with Crippen LogP contribution in [0.3, 0.4) is 0 Å². The largest absolute Gasteiger partial charge is 0.354 e. The molecule has 0 saturated carbocycles. The second-order valence-corrected chi connectivity index (χ2v) is 7.97. The third-order valence-corrected chi connectivity index (χ3v) is 6.38. The van der Waals surface area contributed by atoms with Gasteiger partial charge in [-0.25, -0.2) is 4.98 Å². The molecule has 0 fully saturated rings. The van der Waals surface area contributed by atoms with E-state index in [1.807, 2.05) is 37.7 Å². The Morgan fingerprint density at radius 3 is 2.90 bits per heavy atom. The summed E-state index contributed by atoms with van der Waals surface area (Å²) in [5.41, 5.74) is 10.1. The average Bonchev–Trinajstić information content (AvgIpc) is 3.25. The van der Waals surface area contributed by atoms with E-state index in [4.69, 9.17) is 0 Å². The van der Waals surface area contributed by atoms with Gasteiger partial charge in [0.1, 0.15) is 11.0 Å². The smallest absolute Gasteiger partial charge is 0.246 e. The van der Waals surface area contributed by atoms with Crippen molar-refractivity contribution < 1.29 is 4.79 Å². The lowest BCUT2D eigenvalue weighted by Crippen LogP contribution is -2.26. The number of fused-ring (bicyclic) bond motifs is 4. The fourth-order valence-electron chi connectivity index (χ4n) is 3.92. The van der Waals surface area contributed by atoms with Crippen LogP contribution in [0.5, 0.6) is 0 Å². The van der Waals surface area contributed by atoms with Crippen LogP contribution in [0.4, 0.5) is 11.4 Å². The van der Waals surface area contributed by atoms with Gasteiger partial charge >= 0.3 is 0 Å². The van der Waals surface area contributed by atoms with Crippen LogP contribution < -0.4 is 10.6 Å². The van der Waals surface area contributed by atoms with Crippen LogP contribution in [0.2, 0.25) is 0 Å². The van der Waals surface area contributed by atoms with Gasteiger partial charge in [0.05, 0.1) is 15.9 Å². The molecule has 1 aliphatic rings. The monoisotopic (exact) mass is 400 g/mol. The first kappa shape index (κ1) is 17.8. The number of nitrogens with zero attached hydrogens (tertiary/aromatic N) is 2. The molecule has 1 aliphatic heterocycles. The molecule has 0 spiro atoms. The van der Waals surface area contributed by atoms with Crippen molar-refractivity contribution >= 4 is 49.7 Å². The van der Waals surface area contributed by atoms with Crippen molar-refractivity contribution in [2.45, 2.75) is 20.3 Å². The summed E-state index contributed by atoms with van der Waals surface area (Å²) in [7, 11) is 0. The predicted octanol–water partition coefficient (Wildman–Crippen LogP) is 5.19. The molecule has 0 unspecified atom stereocenters. The van der Waals surface area contributed by atoms with E-state index in [1.54, 1.807) is 11.3 Å². The van der Waals surface area contributed by atoms with E-state index >= 15 is 0 Å². The van der Waals surface area contributed by atoms with Gasteiger partial charge in [-0.05, 0) is 43.5 Å². The molecule has 0 bridgehead atoms. The van der Waals surface area contributed by atoms with Crippen LogP contribution in [0.25, 0.3) is 32.2 Å². The van der Waals surface area contributed by atoms with E-state index < -0.39 is 0 Å². The molecule has 2 aromatic carbocycles. The van der Waals surface area contributed by atoms with Gasteiger partial charge in [0.2, 0.25) is 5.91 Å². The van der Waals surface area contributed by atoms with Crippen LogP contribution in [0, 0.1) is 0 Å². The van der Waals surface area contributed by atoms with Crippen molar-refractivity contribution in [2.24, 2.45) is 0 Å². The third-order valence-electron chi connectivity index (χ3n) is 5.50. The van der Waals surface area contributed by atoms with E-state index in [2.05, 4.69) is 44.9 Å². The summed E-state index contributed by atoms with van der Waals surface area (Å²) in [6.07, 6.45) is 4.41. The molecule has 2 aromatic heterocycles. The number of hydrogen-bond acceptors (Lipinski definition) is 5. The molecule has 0 saturated heterocycles. The van der Waals surface area contributed by atoms with Gasteiger partial charge in [-0.3, -0.25) is 9.78 Å². The number of nitrogens with one attached hydrogen (secondary N) is 2. The van der Waals surface area contributed by atoms with Gasteiger partial charge < -0.3 is 10.6 Å². The molecule has 1 amide bonds. The predicted molar refractivity (Wildman–Crippen MR) is 120 cm³/mol. The van der Waals surface area contributed by atoms with Gasteiger partial charge in [-0.1, -0.05) is 24.3 Å². The van der Waals surface area contributed by atoms with Crippen molar-refractivity contribution in [3.8, 4) is 11.1 Å².